The Labute approximate surface area is 88.4 Å². The summed E-state index contributed by atoms with van der Waals surface area (Å²) in [5.41, 5.74) is 0. The van der Waals surface area contributed by atoms with E-state index in [-0.39, 0.29) is 17.1 Å². The quantitative estimate of drug-likeness (QED) is 0.260. The van der Waals surface area contributed by atoms with E-state index < -0.39 is 16.8 Å². The molecule has 0 atom stereocenters. The predicted octanol–water partition coefficient (Wildman–Crippen LogP) is 2.24. The van der Waals surface area contributed by atoms with E-state index in [0.29, 0.717) is 0 Å². The molecule has 0 saturated heterocycles. The third kappa shape index (κ3) is 2.21. The average Bonchev–Trinajstić information content (AvgIpc) is 2.18. The minimum absolute atomic E-state index is 0.0494. The van der Waals surface area contributed by atoms with Crippen molar-refractivity contribution in [2.45, 2.75) is 0 Å². The fourth-order valence-corrected chi connectivity index (χ4v) is 1.17. The van der Waals surface area contributed by atoms with E-state index in [1.54, 1.807) is 0 Å². The van der Waals surface area contributed by atoms with Gasteiger partial charge in [-0.05, 0) is 12.1 Å². The Hall–Kier alpha value is -1.13. The van der Waals surface area contributed by atoms with Gasteiger partial charge in [-0.1, -0.05) is 23.2 Å². The van der Waals surface area contributed by atoms with Gasteiger partial charge in [0.25, 0.3) is 0 Å². The van der Waals surface area contributed by atoms with Crippen molar-refractivity contribution in [1.29, 1.82) is 0 Å². The Morgan fingerprint density at radius 2 is 2.07 bits per heavy atom. The maximum absolute atomic E-state index is 12.8. The molecule has 0 aromatic heterocycles. The Balaban J connectivity index is 3.12. The predicted molar refractivity (Wildman–Crippen MR) is 48.1 cm³/mol. The van der Waals surface area contributed by atoms with Crippen LogP contribution in [0.25, 0.3) is 0 Å². The number of rotatable bonds is 2. The Kier molecular flexibility index (Phi) is 3.43. The molecule has 0 aliphatic rings. The number of hydrogen-bond acceptors (Lipinski definition) is 3. The summed E-state index contributed by atoms with van der Waals surface area (Å²) < 4.78 is 17.2. The molecule has 0 amide bonds. The first-order valence-electron chi connectivity index (χ1n) is 3.36. The molecule has 74 valence electrons. The Bertz CT molecular complexity index is 392. The zero-order valence-electron chi connectivity index (χ0n) is 6.59. The summed E-state index contributed by atoms with van der Waals surface area (Å²) in [5.74, 6) is -2.34. The molecular weight excluding hydrogens is 234 g/mol. The lowest BCUT2D eigenvalue weighted by atomic mass is 10.3. The highest BCUT2D eigenvalue weighted by Crippen LogP contribution is 2.34. The standard InChI is InChI=1S/C8H3Cl2FO3/c9-4-1-2-5(11)7(10)8(4)14-6(13)3-12/h1-3H. The maximum Gasteiger partial charge on any atom is 0.376 e. The van der Waals surface area contributed by atoms with E-state index in [1.807, 2.05) is 0 Å². The highest BCUT2D eigenvalue weighted by molar-refractivity contribution is 6.37. The van der Waals surface area contributed by atoms with Crippen LogP contribution in [0, 0.1) is 5.82 Å². The number of aldehydes is 1. The third-order valence-electron chi connectivity index (χ3n) is 1.30. The molecule has 3 nitrogen and oxygen atoms in total. The zero-order chi connectivity index (χ0) is 10.7. The largest absolute Gasteiger partial charge is 0.418 e. The van der Waals surface area contributed by atoms with Gasteiger partial charge < -0.3 is 4.74 Å². The number of ether oxygens (including phenoxy) is 1. The molecule has 0 fully saturated rings. The van der Waals surface area contributed by atoms with Crippen LogP contribution in [0.2, 0.25) is 10.0 Å². The Morgan fingerprint density at radius 1 is 1.43 bits per heavy atom. The first-order chi connectivity index (χ1) is 6.56. The summed E-state index contributed by atoms with van der Waals surface area (Å²) in [4.78, 5) is 20.5. The molecule has 1 aromatic carbocycles. The number of halogens is 3. The van der Waals surface area contributed by atoms with Gasteiger partial charge in [0.2, 0.25) is 6.29 Å². The van der Waals surface area contributed by atoms with Crippen LogP contribution in [0.1, 0.15) is 0 Å². The second-order valence-electron chi connectivity index (χ2n) is 2.21. The molecule has 1 rings (SSSR count). The van der Waals surface area contributed by atoms with Gasteiger partial charge in [-0.15, -0.1) is 0 Å². The van der Waals surface area contributed by atoms with Crippen LogP contribution in [-0.4, -0.2) is 12.3 Å². The van der Waals surface area contributed by atoms with Crippen LogP contribution in [0.3, 0.4) is 0 Å². The van der Waals surface area contributed by atoms with Crippen molar-refractivity contribution < 1.29 is 18.7 Å². The van der Waals surface area contributed by atoms with Crippen LogP contribution in [0.15, 0.2) is 12.1 Å². The van der Waals surface area contributed by atoms with Crippen LogP contribution in [0.4, 0.5) is 4.39 Å². The van der Waals surface area contributed by atoms with Crippen molar-refractivity contribution >= 4 is 35.5 Å². The lowest BCUT2D eigenvalue weighted by Gasteiger charge is -2.05. The van der Waals surface area contributed by atoms with Gasteiger partial charge >= 0.3 is 5.97 Å². The van der Waals surface area contributed by atoms with Crippen LogP contribution in [0.5, 0.6) is 5.75 Å². The van der Waals surface area contributed by atoms with Gasteiger partial charge in [0.15, 0.2) is 5.75 Å². The second-order valence-corrected chi connectivity index (χ2v) is 3.00. The molecule has 0 heterocycles. The first kappa shape index (κ1) is 10.9. The number of benzene rings is 1. The Morgan fingerprint density at radius 3 is 2.64 bits per heavy atom. The van der Waals surface area contributed by atoms with E-state index >= 15 is 0 Å². The summed E-state index contributed by atoms with van der Waals surface area (Å²) in [6, 6.07) is 2.18. The summed E-state index contributed by atoms with van der Waals surface area (Å²) in [7, 11) is 0. The smallest absolute Gasteiger partial charge is 0.376 e. The monoisotopic (exact) mass is 236 g/mol. The highest BCUT2D eigenvalue weighted by atomic mass is 35.5. The summed E-state index contributed by atoms with van der Waals surface area (Å²) in [5, 5.41) is -0.487. The minimum Gasteiger partial charge on any atom is -0.418 e. The van der Waals surface area contributed by atoms with Crippen LogP contribution >= 0.6 is 23.2 Å². The minimum atomic E-state index is -1.20. The van der Waals surface area contributed by atoms with E-state index in [1.165, 1.54) is 0 Å². The fourth-order valence-electron chi connectivity index (χ4n) is 0.727. The van der Waals surface area contributed by atoms with Gasteiger partial charge in [0, 0.05) is 0 Å². The van der Waals surface area contributed by atoms with Crippen molar-refractivity contribution in [1.82, 2.24) is 0 Å². The van der Waals surface area contributed by atoms with Crippen molar-refractivity contribution in [2.24, 2.45) is 0 Å². The lowest BCUT2D eigenvalue weighted by Crippen LogP contribution is -2.09. The molecule has 0 aliphatic heterocycles. The van der Waals surface area contributed by atoms with Crippen LogP contribution < -0.4 is 4.74 Å². The highest BCUT2D eigenvalue weighted by Gasteiger charge is 2.15. The van der Waals surface area contributed by atoms with Gasteiger partial charge in [0.05, 0.1) is 5.02 Å². The molecule has 0 bridgehead atoms. The summed E-state index contributed by atoms with van der Waals surface area (Å²) in [6.45, 7) is 0. The molecule has 1 aromatic rings. The van der Waals surface area contributed by atoms with Crippen molar-refractivity contribution in [3.05, 3.63) is 28.0 Å². The van der Waals surface area contributed by atoms with Crippen molar-refractivity contribution in [3.63, 3.8) is 0 Å². The summed E-state index contributed by atoms with van der Waals surface area (Å²) in [6.07, 6.45) is -0.0719. The molecule has 0 radical (unpaired) electrons. The number of esters is 1. The molecule has 6 heteroatoms. The van der Waals surface area contributed by atoms with E-state index in [0.717, 1.165) is 12.1 Å². The first-order valence-corrected chi connectivity index (χ1v) is 4.12. The third-order valence-corrected chi connectivity index (χ3v) is 1.95. The molecule has 0 N–H and O–H groups in total. The SMILES string of the molecule is O=CC(=O)Oc1c(Cl)ccc(F)c1Cl. The van der Waals surface area contributed by atoms with E-state index in [9.17, 15) is 14.0 Å². The zero-order valence-corrected chi connectivity index (χ0v) is 8.10. The van der Waals surface area contributed by atoms with E-state index in [2.05, 4.69) is 4.74 Å². The molecule has 0 aliphatic carbocycles. The fraction of sp³-hybridized carbons (Fsp3) is 0. The van der Waals surface area contributed by atoms with Crippen molar-refractivity contribution in [2.75, 3.05) is 0 Å². The molecule has 0 spiro atoms. The van der Waals surface area contributed by atoms with E-state index in [4.69, 9.17) is 23.2 Å². The molecular formula is C8H3Cl2FO3. The number of hydrogen-bond donors (Lipinski definition) is 0. The normalized spacial score (nSPS) is 9.64. The summed E-state index contributed by atoms with van der Waals surface area (Å²) >= 11 is 11.0. The topological polar surface area (TPSA) is 43.4 Å². The van der Waals surface area contributed by atoms with Crippen LogP contribution in [-0.2, 0) is 9.59 Å². The number of carbonyl (C=O) groups is 2. The molecule has 0 unspecified atom stereocenters. The molecule has 14 heavy (non-hydrogen) atoms. The van der Waals surface area contributed by atoms with Gasteiger partial charge in [0.1, 0.15) is 10.8 Å². The van der Waals surface area contributed by atoms with Gasteiger partial charge in [-0.3, -0.25) is 4.79 Å². The van der Waals surface area contributed by atoms with Crippen molar-refractivity contribution in [3.8, 4) is 5.75 Å². The second kappa shape index (κ2) is 4.39. The lowest BCUT2D eigenvalue weighted by molar-refractivity contribution is -0.141. The van der Waals surface area contributed by atoms with Gasteiger partial charge in [-0.2, -0.15) is 0 Å². The maximum atomic E-state index is 12.8. The number of carbonyl (C=O) groups excluding carboxylic acids is 2. The van der Waals surface area contributed by atoms with Gasteiger partial charge in [-0.25, -0.2) is 9.18 Å². The molecule has 0 saturated carbocycles. The average molecular weight is 237 g/mol.